The third kappa shape index (κ3) is 2.81. The Kier molecular flexibility index (Phi) is 3.72. The van der Waals surface area contributed by atoms with Crippen LogP contribution >= 0.6 is 0 Å². The third-order valence-electron chi connectivity index (χ3n) is 4.50. The second-order valence-electron chi connectivity index (χ2n) is 6.12. The van der Waals surface area contributed by atoms with Crippen molar-refractivity contribution in [2.24, 2.45) is 0 Å². The monoisotopic (exact) mass is 295 g/mol. The Morgan fingerprint density at radius 2 is 1.95 bits per heavy atom. The van der Waals surface area contributed by atoms with E-state index in [1.807, 2.05) is 24.5 Å². The van der Waals surface area contributed by atoms with Crippen molar-refractivity contribution in [1.29, 1.82) is 0 Å². The van der Waals surface area contributed by atoms with E-state index in [1.54, 1.807) is 0 Å². The molecule has 114 valence electrons. The average molecular weight is 295 g/mol. The maximum atomic E-state index is 4.81. The number of pyridine rings is 1. The Hall–Kier alpha value is -2.01. The molecule has 2 aromatic heterocycles. The van der Waals surface area contributed by atoms with Gasteiger partial charge in [0.1, 0.15) is 0 Å². The summed E-state index contributed by atoms with van der Waals surface area (Å²) in [5, 5.41) is 0. The molecule has 1 saturated heterocycles. The van der Waals surface area contributed by atoms with Gasteiger partial charge in [-0.25, -0.2) is 9.97 Å². The Labute approximate surface area is 131 Å². The fraction of sp³-hybridized carbons (Fsp3) is 0.471. The molecule has 22 heavy (non-hydrogen) atoms. The molecule has 2 aromatic rings. The second kappa shape index (κ2) is 6.01. The lowest BCUT2D eigenvalue weighted by Gasteiger charge is -2.28. The molecule has 4 heterocycles. The molecule has 0 atom stereocenters. The van der Waals surface area contributed by atoms with Gasteiger partial charge in [0.15, 0.2) is 0 Å². The van der Waals surface area contributed by atoms with Crippen molar-refractivity contribution in [2.75, 3.05) is 24.5 Å². The summed E-state index contributed by atoms with van der Waals surface area (Å²) in [5.41, 5.74) is 3.62. The third-order valence-corrected chi connectivity index (χ3v) is 4.50. The number of hydrogen-bond acceptors (Lipinski definition) is 5. The Balaban J connectivity index is 1.47. The molecule has 0 aromatic carbocycles. The fourth-order valence-corrected chi connectivity index (χ4v) is 3.29. The smallest absolute Gasteiger partial charge is 0.225 e. The highest BCUT2D eigenvalue weighted by atomic mass is 15.3. The lowest BCUT2D eigenvalue weighted by Crippen LogP contribution is -2.32. The number of nitrogens with zero attached hydrogens (tertiary/aromatic N) is 5. The van der Waals surface area contributed by atoms with Crippen molar-refractivity contribution in [2.45, 2.75) is 32.4 Å². The molecule has 2 aliphatic heterocycles. The molecule has 0 bridgehead atoms. The summed E-state index contributed by atoms with van der Waals surface area (Å²) < 4.78 is 0. The van der Waals surface area contributed by atoms with Crippen LogP contribution in [-0.4, -0.2) is 39.5 Å². The van der Waals surface area contributed by atoms with Gasteiger partial charge in [0.05, 0.1) is 11.4 Å². The molecule has 0 radical (unpaired) electrons. The highest BCUT2D eigenvalue weighted by Crippen LogP contribution is 2.22. The molecule has 1 fully saturated rings. The van der Waals surface area contributed by atoms with Gasteiger partial charge in [-0.1, -0.05) is 6.07 Å². The van der Waals surface area contributed by atoms with Crippen molar-refractivity contribution < 1.29 is 0 Å². The summed E-state index contributed by atoms with van der Waals surface area (Å²) >= 11 is 0. The first kappa shape index (κ1) is 13.6. The molecule has 0 N–H and O–H groups in total. The van der Waals surface area contributed by atoms with E-state index in [9.17, 15) is 0 Å². The maximum absolute atomic E-state index is 4.81. The first-order chi connectivity index (χ1) is 10.9. The van der Waals surface area contributed by atoms with Crippen LogP contribution in [0.1, 0.15) is 29.8 Å². The summed E-state index contributed by atoms with van der Waals surface area (Å²) in [6.07, 6.45) is 7.42. The summed E-state index contributed by atoms with van der Waals surface area (Å²) in [6, 6.07) is 6.09. The summed E-state index contributed by atoms with van der Waals surface area (Å²) in [4.78, 5) is 18.5. The Morgan fingerprint density at radius 1 is 1.05 bits per heavy atom. The Morgan fingerprint density at radius 3 is 2.77 bits per heavy atom. The van der Waals surface area contributed by atoms with Crippen molar-refractivity contribution >= 4 is 5.95 Å². The van der Waals surface area contributed by atoms with Gasteiger partial charge in [-0.15, -0.1) is 0 Å². The average Bonchev–Trinajstić information content (AvgIpc) is 3.10. The zero-order valence-electron chi connectivity index (χ0n) is 12.8. The predicted molar refractivity (Wildman–Crippen MR) is 85.5 cm³/mol. The highest BCUT2D eigenvalue weighted by molar-refractivity contribution is 5.35. The second-order valence-corrected chi connectivity index (χ2v) is 6.12. The van der Waals surface area contributed by atoms with Crippen molar-refractivity contribution in [3.8, 4) is 0 Å². The van der Waals surface area contributed by atoms with Gasteiger partial charge in [-0.3, -0.25) is 9.88 Å². The molecule has 0 amide bonds. The molecule has 4 rings (SSSR count). The predicted octanol–water partition coefficient (Wildman–Crippen LogP) is 2.03. The van der Waals surface area contributed by atoms with Gasteiger partial charge < -0.3 is 4.90 Å². The van der Waals surface area contributed by atoms with Crippen LogP contribution in [0.25, 0.3) is 0 Å². The first-order valence-electron chi connectivity index (χ1n) is 8.10. The zero-order valence-corrected chi connectivity index (χ0v) is 12.8. The standard InChI is InChI=1S/C17H21N5/c1-2-7-18-15(5-1)13-21-10-6-16-14(12-21)11-19-17(20-16)22-8-3-4-9-22/h1-2,5,7,11H,3-4,6,8-10,12-13H2. The minimum Gasteiger partial charge on any atom is -0.341 e. The molecule has 0 unspecified atom stereocenters. The summed E-state index contributed by atoms with van der Waals surface area (Å²) in [5.74, 6) is 0.925. The molecular formula is C17H21N5. The molecule has 0 spiro atoms. The molecule has 0 saturated carbocycles. The maximum Gasteiger partial charge on any atom is 0.225 e. The van der Waals surface area contributed by atoms with Crippen LogP contribution in [0.5, 0.6) is 0 Å². The van der Waals surface area contributed by atoms with Crippen LogP contribution < -0.4 is 4.90 Å². The number of aromatic nitrogens is 3. The van der Waals surface area contributed by atoms with Gasteiger partial charge in [0, 0.05) is 57.1 Å². The zero-order chi connectivity index (χ0) is 14.8. The summed E-state index contributed by atoms with van der Waals surface area (Å²) in [7, 11) is 0. The van der Waals surface area contributed by atoms with Gasteiger partial charge in [0.25, 0.3) is 0 Å². The SMILES string of the molecule is c1ccc(CN2CCc3nc(N4CCCC4)ncc3C2)nc1. The van der Waals surface area contributed by atoms with Crippen LogP contribution in [0.4, 0.5) is 5.95 Å². The lowest BCUT2D eigenvalue weighted by atomic mass is 10.1. The number of anilines is 1. The van der Waals surface area contributed by atoms with Crippen LogP contribution in [0.3, 0.4) is 0 Å². The molecular weight excluding hydrogens is 274 g/mol. The first-order valence-corrected chi connectivity index (χ1v) is 8.10. The van der Waals surface area contributed by atoms with E-state index < -0.39 is 0 Å². The quantitative estimate of drug-likeness (QED) is 0.867. The van der Waals surface area contributed by atoms with Gasteiger partial charge >= 0.3 is 0 Å². The van der Waals surface area contributed by atoms with E-state index >= 15 is 0 Å². The normalized spacial score (nSPS) is 18.5. The van der Waals surface area contributed by atoms with E-state index in [1.165, 1.54) is 24.1 Å². The molecule has 5 heteroatoms. The van der Waals surface area contributed by atoms with Crippen molar-refractivity contribution in [1.82, 2.24) is 19.9 Å². The minimum absolute atomic E-state index is 0.897. The van der Waals surface area contributed by atoms with E-state index in [0.717, 1.165) is 50.8 Å². The van der Waals surface area contributed by atoms with E-state index in [0.29, 0.717) is 0 Å². The van der Waals surface area contributed by atoms with Crippen LogP contribution in [0.2, 0.25) is 0 Å². The number of fused-ring (bicyclic) bond motifs is 1. The largest absolute Gasteiger partial charge is 0.341 e. The molecule has 2 aliphatic rings. The lowest BCUT2D eigenvalue weighted by molar-refractivity contribution is 0.240. The van der Waals surface area contributed by atoms with E-state index in [2.05, 4.69) is 25.8 Å². The number of rotatable bonds is 3. The van der Waals surface area contributed by atoms with E-state index in [4.69, 9.17) is 4.98 Å². The van der Waals surface area contributed by atoms with Crippen LogP contribution in [0, 0.1) is 0 Å². The van der Waals surface area contributed by atoms with Gasteiger partial charge in [-0.2, -0.15) is 0 Å². The van der Waals surface area contributed by atoms with Gasteiger partial charge in [0.2, 0.25) is 5.95 Å². The van der Waals surface area contributed by atoms with Crippen molar-refractivity contribution in [3.05, 3.63) is 47.5 Å². The Bertz CT molecular complexity index is 637. The van der Waals surface area contributed by atoms with Crippen LogP contribution in [-0.2, 0) is 19.5 Å². The molecule has 0 aliphatic carbocycles. The topological polar surface area (TPSA) is 45.2 Å². The summed E-state index contributed by atoms with van der Waals surface area (Å²) in [6.45, 7) is 5.07. The molecule has 5 nitrogen and oxygen atoms in total. The highest BCUT2D eigenvalue weighted by Gasteiger charge is 2.21. The van der Waals surface area contributed by atoms with Crippen LogP contribution in [0.15, 0.2) is 30.6 Å². The fourth-order valence-electron chi connectivity index (χ4n) is 3.29. The van der Waals surface area contributed by atoms with Gasteiger partial charge in [-0.05, 0) is 25.0 Å². The van der Waals surface area contributed by atoms with E-state index in [-0.39, 0.29) is 0 Å². The minimum atomic E-state index is 0.897. The van der Waals surface area contributed by atoms with Crippen molar-refractivity contribution in [3.63, 3.8) is 0 Å². The number of hydrogen-bond donors (Lipinski definition) is 0.